The maximum absolute atomic E-state index is 11.6. The first-order valence-electron chi connectivity index (χ1n) is 19.1. The first kappa shape index (κ1) is 44.2. The van der Waals surface area contributed by atoms with Gasteiger partial charge in [0, 0.05) is 28.3 Å². The molecule has 0 radical (unpaired) electrons. The van der Waals surface area contributed by atoms with Crippen LogP contribution in [0.25, 0.3) is 0 Å². The van der Waals surface area contributed by atoms with E-state index in [-0.39, 0.29) is 5.56 Å². The van der Waals surface area contributed by atoms with Crippen LogP contribution in [0.2, 0.25) is 10.0 Å². The molecule has 4 aromatic carbocycles. The van der Waals surface area contributed by atoms with Gasteiger partial charge in [0.15, 0.2) is 0 Å². The predicted molar refractivity (Wildman–Crippen MR) is 213 cm³/mol. The van der Waals surface area contributed by atoms with Crippen molar-refractivity contribution in [3.63, 3.8) is 0 Å². The van der Waals surface area contributed by atoms with Gasteiger partial charge in [-0.25, -0.2) is 0 Å². The maximum Gasteiger partial charge on any atom is 0.225 e. The van der Waals surface area contributed by atoms with Gasteiger partial charge in [0.25, 0.3) is 0 Å². The lowest BCUT2D eigenvalue weighted by Gasteiger charge is -2.48. The minimum absolute atomic E-state index is 0.141. The van der Waals surface area contributed by atoms with Crippen molar-refractivity contribution in [2.75, 3.05) is 33.5 Å². The van der Waals surface area contributed by atoms with Crippen LogP contribution in [0.1, 0.15) is 47.2 Å². The van der Waals surface area contributed by atoms with Crippen LogP contribution in [-0.4, -0.2) is 118 Å². The Balaban J connectivity index is 1.26. The van der Waals surface area contributed by atoms with Gasteiger partial charge in [0.1, 0.15) is 60.3 Å². The minimum Gasteiger partial charge on any atom is -0.494 e. The zero-order valence-electron chi connectivity index (χ0n) is 32.3. The van der Waals surface area contributed by atoms with Crippen LogP contribution in [-0.2, 0) is 43.4 Å². The summed E-state index contributed by atoms with van der Waals surface area (Å²) in [6, 6.07) is 24.5. The maximum atomic E-state index is 11.6. The highest BCUT2D eigenvalue weighted by atomic mass is 35.5. The van der Waals surface area contributed by atoms with Crippen LogP contribution in [0.5, 0.6) is 11.5 Å². The molecular formula is C43H50Cl2O13. The highest BCUT2D eigenvalue weighted by Crippen LogP contribution is 2.45. The third kappa shape index (κ3) is 8.89. The van der Waals surface area contributed by atoms with Crippen LogP contribution in [0.3, 0.4) is 0 Å². The third-order valence-corrected chi connectivity index (χ3v) is 11.4. The molecule has 13 nitrogen and oxygen atoms in total. The lowest BCUT2D eigenvalue weighted by atomic mass is 9.86. The van der Waals surface area contributed by atoms with Gasteiger partial charge in [-0.1, -0.05) is 59.6 Å². The molecule has 2 heterocycles. The van der Waals surface area contributed by atoms with Crippen molar-refractivity contribution in [3.8, 4) is 11.5 Å². The molecule has 2 aliphatic heterocycles. The molecule has 58 heavy (non-hydrogen) atoms. The van der Waals surface area contributed by atoms with E-state index in [2.05, 4.69) is 0 Å². The largest absolute Gasteiger partial charge is 0.494 e. The molecule has 0 unspecified atom stereocenters. The number of ether oxygens (including phenoxy) is 6. The van der Waals surface area contributed by atoms with E-state index in [0.29, 0.717) is 58.5 Å². The molecule has 0 aliphatic carbocycles. The minimum atomic E-state index is -2.29. The van der Waals surface area contributed by atoms with E-state index < -0.39 is 73.6 Å². The lowest BCUT2D eigenvalue weighted by molar-refractivity contribution is -0.378. The molecule has 2 fully saturated rings. The number of hydrogen-bond donors (Lipinski definition) is 7. The van der Waals surface area contributed by atoms with Gasteiger partial charge in [0.2, 0.25) is 11.6 Å². The molecular weight excluding hydrogens is 795 g/mol. The van der Waals surface area contributed by atoms with E-state index in [4.69, 9.17) is 51.6 Å². The first-order chi connectivity index (χ1) is 27.8. The fourth-order valence-corrected chi connectivity index (χ4v) is 7.87. The van der Waals surface area contributed by atoms with Gasteiger partial charge in [-0.2, -0.15) is 0 Å². The number of methoxy groups -OCH3 is 1. The molecule has 0 aromatic heterocycles. The first-order valence-corrected chi connectivity index (χ1v) is 19.8. The number of rotatable bonds is 16. The lowest BCUT2D eigenvalue weighted by Crippen LogP contribution is -2.65. The summed E-state index contributed by atoms with van der Waals surface area (Å²) < 4.78 is 35.3. The smallest absolute Gasteiger partial charge is 0.225 e. The second-order valence-electron chi connectivity index (χ2n) is 14.3. The van der Waals surface area contributed by atoms with Crippen LogP contribution in [0.4, 0.5) is 0 Å². The Morgan fingerprint density at radius 2 is 1.14 bits per heavy atom. The fraction of sp³-hybridized carbons (Fsp3) is 0.442. The number of benzene rings is 4. The van der Waals surface area contributed by atoms with Crippen molar-refractivity contribution in [2.45, 2.75) is 87.1 Å². The fourth-order valence-electron chi connectivity index (χ4n) is 7.50. The Labute approximate surface area is 346 Å². The summed E-state index contributed by atoms with van der Waals surface area (Å²) in [6.07, 6.45) is -12.9. The molecule has 0 spiro atoms. The number of aliphatic hydroxyl groups excluding tert-OH is 7. The van der Waals surface area contributed by atoms with E-state index in [1.165, 1.54) is 13.2 Å². The molecule has 15 heteroatoms. The predicted octanol–water partition coefficient (Wildman–Crippen LogP) is 3.60. The van der Waals surface area contributed by atoms with E-state index in [1.807, 2.05) is 62.4 Å². The molecule has 314 valence electrons. The molecule has 7 N–H and O–H groups in total. The number of halogens is 2. The second kappa shape index (κ2) is 18.9. The molecule has 2 saturated heterocycles. The topological polar surface area (TPSA) is 197 Å². The van der Waals surface area contributed by atoms with Crippen molar-refractivity contribution in [1.29, 1.82) is 0 Å². The van der Waals surface area contributed by atoms with Crippen LogP contribution < -0.4 is 9.47 Å². The van der Waals surface area contributed by atoms with E-state index >= 15 is 0 Å². The molecule has 10 atom stereocenters. The molecule has 0 bridgehead atoms. The zero-order valence-corrected chi connectivity index (χ0v) is 33.8. The number of aliphatic hydroxyl groups is 7. The monoisotopic (exact) mass is 844 g/mol. The summed E-state index contributed by atoms with van der Waals surface area (Å²) >= 11 is 13.2. The summed E-state index contributed by atoms with van der Waals surface area (Å²) in [4.78, 5) is 0. The normalized spacial score (nSPS) is 29.0. The summed E-state index contributed by atoms with van der Waals surface area (Å²) in [7, 11) is 1.29. The summed E-state index contributed by atoms with van der Waals surface area (Å²) in [6.45, 7) is 3.35. The zero-order chi connectivity index (χ0) is 41.8. The molecule has 0 amide bonds. The van der Waals surface area contributed by atoms with Gasteiger partial charge >= 0.3 is 0 Å². The van der Waals surface area contributed by atoms with Crippen molar-refractivity contribution in [2.24, 2.45) is 0 Å². The quantitative estimate of drug-likeness (QED) is 0.0866. The summed E-state index contributed by atoms with van der Waals surface area (Å²) in [5, 5.41) is 78.6. The Hall–Kier alpha value is -3.38. The van der Waals surface area contributed by atoms with Gasteiger partial charge in [-0.15, -0.1) is 0 Å². The summed E-state index contributed by atoms with van der Waals surface area (Å²) in [5.74, 6) is -2.83. The Morgan fingerprint density at radius 1 is 0.655 bits per heavy atom. The van der Waals surface area contributed by atoms with Gasteiger partial charge < -0.3 is 64.2 Å². The van der Waals surface area contributed by atoms with Crippen molar-refractivity contribution in [3.05, 3.63) is 128 Å². The van der Waals surface area contributed by atoms with Gasteiger partial charge in [-0.3, -0.25) is 0 Å². The second-order valence-corrected chi connectivity index (χ2v) is 15.1. The molecule has 0 saturated carbocycles. The molecule has 4 aromatic rings. The highest BCUT2D eigenvalue weighted by molar-refractivity contribution is 6.31. The molecule has 6 rings (SSSR count). The van der Waals surface area contributed by atoms with Gasteiger partial charge in [-0.05, 0) is 97.5 Å². The van der Waals surface area contributed by atoms with Crippen LogP contribution in [0, 0.1) is 0 Å². The van der Waals surface area contributed by atoms with Gasteiger partial charge in [0.05, 0.1) is 26.4 Å². The third-order valence-electron chi connectivity index (χ3n) is 10.6. The van der Waals surface area contributed by atoms with Crippen LogP contribution >= 0.6 is 23.2 Å². The van der Waals surface area contributed by atoms with Crippen molar-refractivity contribution in [1.82, 2.24) is 0 Å². The summed E-state index contributed by atoms with van der Waals surface area (Å²) in [5.41, 5.74) is 3.51. The molecule has 2 aliphatic rings. The van der Waals surface area contributed by atoms with E-state index in [9.17, 15) is 35.7 Å². The van der Waals surface area contributed by atoms with Crippen molar-refractivity contribution >= 4 is 23.2 Å². The average Bonchev–Trinajstić information content (AvgIpc) is 3.49. The van der Waals surface area contributed by atoms with Crippen LogP contribution in [0.15, 0.2) is 84.9 Å². The highest BCUT2D eigenvalue weighted by Gasteiger charge is 2.60. The Kier molecular flexibility index (Phi) is 14.4. The van der Waals surface area contributed by atoms with Crippen molar-refractivity contribution < 1.29 is 64.2 Å². The van der Waals surface area contributed by atoms with E-state index in [0.717, 1.165) is 16.9 Å². The average molecular weight is 846 g/mol. The number of hydrogen-bond acceptors (Lipinski definition) is 13. The Bertz CT molecular complexity index is 1970. The van der Waals surface area contributed by atoms with E-state index in [1.54, 1.807) is 30.3 Å². The Morgan fingerprint density at radius 3 is 1.60 bits per heavy atom. The standard InChI is InChI=1S/C43H50Cl2O13/c1-4-54-30-12-6-24(7-13-30)18-26-20-28(10-16-32(26)44)42(53-3)41(52)38(50)39(58-42)34(47)23-56-43(40(51)37(49)36(48)35(22-46)57-43)29-11-17-33(45)27(21-29)19-25-8-14-31(15-9-25)55-5-2/h6-17,20-21,34-41,46-52H,4-5,18-19,22-23H2,1-3H3/t34-,35-,36-,37+,38+,39-,40-,41-,42+,43+/m1/s1. The SMILES string of the molecule is CCOc1ccc(Cc2cc([C@]3(OC[C@@H](O)[C@H]4O[C@@](OC)(c5ccc(Cl)c(Cc6ccc(OCC)cc6)c5)[C@H](O)[C@H]4O)O[C@H](CO)[C@@H](O)[C@H](O)[C@H]3O)ccc2Cl)cc1.